The highest BCUT2D eigenvalue weighted by Crippen LogP contribution is 2.24. The number of Topliss-reactive ketones (excluding diaryl/α,β-unsaturated/α-hetero) is 1. The Balaban J connectivity index is 1.42. The van der Waals surface area contributed by atoms with Crippen LogP contribution in [0.15, 0.2) is 46.2 Å². The third kappa shape index (κ3) is 3.66. The largest absolute Gasteiger partial charge is 0.467 e. The molecule has 0 unspecified atom stereocenters. The molecule has 0 N–H and O–H groups in total. The van der Waals surface area contributed by atoms with Crippen LogP contribution in [0.3, 0.4) is 0 Å². The molecule has 0 aliphatic heterocycles. The summed E-state index contributed by atoms with van der Waals surface area (Å²) in [6.45, 7) is 0.454. The number of furan rings is 1. The summed E-state index contributed by atoms with van der Waals surface area (Å²) in [4.78, 5) is 12.5. The van der Waals surface area contributed by atoms with E-state index in [1.165, 1.54) is 35.7 Å². The topological polar surface area (TPSA) is 73.8 Å². The minimum absolute atomic E-state index is 0.103. The lowest BCUT2D eigenvalue weighted by Gasteiger charge is -2.16. The molecule has 1 aliphatic carbocycles. The van der Waals surface area contributed by atoms with Gasteiger partial charge in [0.2, 0.25) is 5.16 Å². The molecule has 0 saturated carbocycles. The van der Waals surface area contributed by atoms with E-state index in [1.807, 2.05) is 18.2 Å². The van der Waals surface area contributed by atoms with Gasteiger partial charge >= 0.3 is 0 Å². The average molecular weight is 354 g/mol. The normalized spacial score (nSPS) is 13.6. The van der Waals surface area contributed by atoms with Crippen molar-refractivity contribution in [2.75, 3.05) is 5.75 Å². The van der Waals surface area contributed by atoms with Gasteiger partial charge in [-0.3, -0.25) is 4.79 Å². The van der Waals surface area contributed by atoms with Crippen LogP contribution in [0.1, 0.15) is 40.1 Å². The Bertz CT molecular complexity index is 873. The van der Waals surface area contributed by atoms with Gasteiger partial charge in [0.25, 0.3) is 0 Å². The first-order valence-corrected chi connectivity index (χ1v) is 9.34. The summed E-state index contributed by atoms with van der Waals surface area (Å²) in [5, 5.41) is 12.3. The van der Waals surface area contributed by atoms with Gasteiger partial charge in [0.15, 0.2) is 5.78 Å². The molecule has 2 heterocycles. The first-order valence-electron chi connectivity index (χ1n) is 8.36. The van der Waals surface area contributed by atoms with Crippen LogP contribution >= 0.6 is 11.8 Å². The van der Waals surface area contributed by atoms with Gasteiger partial charge in [0.1, 0.15) is 12.3 Å². The van der Waals surface area contributed by atoms with Gasteiger partial charge in [-0.2, -0.15) is 0 Å². The van der Waals surface area contributed by atoms with Gasteiger partial charge in [-0.1, -0.05) is 23.9 Å². The summed E-state index contributed by atoms with van der Waals surface area (Å²) in [5.74, 6) is 1.19. The second kappa shape index (κ2) is 7.23. The highest BCUT2D eigenvalue weighted by molar-refractivity contribution is 7.99. The third-order valence-corrected chi connectivity index (χ3v) is 5.34. The smallest absolute Gasteiger partial charge is 0.210 e. The predicted molar refractivity (Wildman–Crippen MR) is 93.8 cm³/mol. The van der Waals surface area contributed by atoms with Gasteiger partial charge in [-0.15, -0.1) is 5.10 Å². The van der Waals surface area contributed by atoms with Crippen molar-refractivity contribution in [1.82, 2.24) is 20.2 Å². The van der Waals surface area contributed by atoms with Crippen molar-refractivity contribution in [1.29, 1.82) is 0 Å². The highest BCUT2D eigenvalue weighted by atomic mass is 32.2. The van der Waals surface area contributed by atoms with Gasteiger partial charge in [-0.25, -0.2) is 4.68 Å². The lowest BCUT2D eigenvalue weighted by Crippen LogP contribution is -2.09. The van der Waals surface area contributed by atoms with Crippen molar-refractivity contribution in [2.45, 2.75) is 37.4 Å². The summed E-state index contributed by atoms with van der Waals surface area (Å²) in [5.41, 5.74) is 3.49. The minimum Gasteiger partial charge on any atom is -0.467 e. The fourth-order valence-electron chi connectivity index (χ4n) is 3.07. The average Bonchev–Trinajstić information content (AvgIpc) is 3.32. The van der Waals surface area contributed by atoms with E-state index in [2.05, 4.69) is 27.7 Å². The lowest BCUT2D eigenvalue weighted by molar-refractivity contribution is 0.102. The number of hydrogen-bond acceptors (Lipinski definition) is 6. The van der Waals surface area contributed by atoms with Crippen molar-refractivity contribution < 1.29 is 9.21 Å². The molecule has 0 amide bonds. The van der Waals surface area contributed by atoms with Crippen molar-refractivity contribution in [3.05, 3.63) is 59.0 Å². The monoisotopic (exact) mass is 354 g/mol. The molecule has 0 fully saturated rings. The molecule has 1 aliphatic rings. The summed E-state index contributed by atoms with van der Waals surface area (Å²) in [6.07, 6.45) is 6.27. The second-order valence-electron chi connectivity index (χ2n) is 6.10. The zero-order chi connectivity index (χ0) is 17.1. The molecular weight excluding hydrogens is 336 g/mol. The van der Waals surface area contributed by atoms with Crippen molar-refractivity contribution in [3.63, 3.8) is 0 Å². The van der Waals surface area contributed by atoms with Crippen LogP contribution in [0.2, 0.25) is 0 Å². The molecule has 4 rings (SSSR count). The molecule has 6 nitrogen and oxygen atoms in total. The van der Waals surface area contributed by atoms with Gasteiger partial charge in [0.05, 0.1) is 12.0 Å². The molecule has 1 aromatic carbocycles. The first kappa shape index (κ1) is 16.1. The molecule has 3 aromatic rings. The van der Waals surface area contributed by atoms with Crippen LogP contribution < -0.4 is 0 Å². The van der Waals surface area contributed by atoms with Crippen molar-refractivity contribution >= 4 is 17.5 Å². The molecule has 128 valence electrons. The Labute approximate surface area is 149 Å². The Hall–Kier alpha value is -2.41. The number of benzene rings is 1. The summed E-state index contributed by atoms with van der Waals surface area (Å²) in [6, 6.07) is 9.80. The predicted octanol–water partition coefficient (Wildman–Crippen LogP) is 3.17. The highest BCUT2D eigenvalue weighted by Gasteiger charge is 2.15. The minimum atomic E-state index is 0.103. The molecule has 2 aromatic heterocycles. The number of carbonyl (C=O) groups is 1. The molecular formula is C18H18N4O2S. The van der Waals surface area contributed by atoms with Gasteiger partial charge in [0, 0.05) is 5.56 Å². The fraction of sp³-hybridized carbons (Fsp3) is 0.333. The molecule has 0 spiro atoms. The number of aryl methyl sites for hydroxylation is 2. The van der Waals surface area contributed by atoms with Crippen LogP contribution in [0.4, 0.5) is 0 Å². The number of carbonyl (C=O) groups excluding carboxylic acids is 1. The van der Waals surface area contributed by atoms with Crippen molar-refractivity contribution in [2.24, 2.45) is 0 Å². The zero-order valence-electron chi connectivity index (χ0n) is 13.7. The number of rotatable bonds is 6. The molecule has 25 heavy (non-hydrogen) atoms. The molecule has 0 bridgehead atoms. The first-order chi connectivity index (χ1) is 12.3. The van der Waals surface area contributed by atoms with E-state index in [9.17, 15) is 4.79 Å². The standard InChI is InChI=1S/C18H18N4O2S/c23-17(15-8-7-13-4-1-2-5-14(13)10-15)12-25-18-19-20-21-22(18)11-16-6-3-9-24-16/h3,6-10H,1-2,4-5,11-12H2. The Morgan fingerprint density at radius 2 is 2.08 bits per heavy atom. The van der Waals surface area contributed by atoms with Crippen LogP contribution in [0, 0.1) is 0 Å². The number of aromatic nitrogens is 4. The maximum atomic E-state index is 12.5. The SMILES string of the molecule is O=C(CSc1nnnn1Cc1ccco1)c1ccc2c(c1)CCCC2. The Morgan fingerprint density at radius 1 is 1.20 bits per heavy atom. The van der Waals surface area contributed by atoms with Crippen LogP contribution in [0.25, 0.3) is 0 Å². The van der Waals surface area contributed by atoms with Crippen LogP contribution in [-0.4, -0.2) is 31.7 Å². The van der Waals surface area contributed by atoms with E-state index in [0.717, 1.165) is 24.2 Å². The second-order valence-corrected chi connectivity index (χ2v) is 7.04. The van der Waals surface area contributed by atoms with Crippen molar-refractivity contribution in [3.8, 4) is 0 Å². The number of thioether (sulfide) groups is 1. The number of tetrazole rings is 1. The summed E-state index contributed by atoms with van der Waals surface area (Å²) < 4.78 is 6.96. The van der Waals surface area contributed by atoms with Gasteiger partial charge in [-0.05, 0) is 65.4 Å². The quantitative estimate of drug-likeness (QED) is 0.500. The maximum Gasteiger partial charge on any atom is 0.210 e. The number of ketones is 1. The van der Waals surface area contributed by atoms with Crippen LogP contribution in [0.5, 0.6) is 0 Å². The van der Waals surface area contributed by atoms with E-state index in [-0.39, 0.29) is 5.78 Å². The number of hydrogen-bond donors (Lipinski definition) is 0. The van der Waals surface area contributed by atoms with E-state index < -0.39 is 0 Å². The number of nitrogens with zero attached hydrogens (tertiary/aromatic N) is 4. The third-order valence-electron chi connectivity index (χ3n) is 4.39. The zero-order valence-corrected chi connectivity index (χ0v) is 14.5. The van der Waals surface area contributed by atoms with Gasteiger partial charge < -0.3 is 4.42 Å². The summed E-state index contributed by atoms with van der Waals surface area (Å²) >= 11 is 1.35. The van der Waals surface area contributed by atoms with E-state index >= 15 is 0 Å². The van der Waals surface area contributed by atoms with E-state index in [4.69, 9.17) is 4.42 Å². The summed E-state index contributed by atoms with van der Waals surface area (Å²) in [7, 11) is 0. The molecule has 0 radical (unpaired) electrons. The fourth-order valence-corrected chi connectivity index (χ4v) is 3.84. The van der Waals surface area contributed by atoms with Crippen LogP contribution in [-0.2, 0) is 19.4 Å². The number of fused-ring (bicyclic) bond motifs is 1. The maximum absolute atomic E-state index is 12.5. The van der Waals surface area contributed by atoms with E-state index in [0.29, 0.717) is 17.5 Å². The Kier molecular flexibility index (Phi) is 4.65. The molecule has 7 heteroatoms. The molecule has 0 atom stereocenters. The molecule has 0 saturated heterocycles. The lowest BCUT2D eigenvalue weighted by atomic mass is 9.90. The van der Waals surface area contributed by atoms with E-state index in [1.54, 1.807) is 10.9 Å². The Morgan fingerprint density at radius 3 is 2.92 bits per heavy atom.